The van der Waals surface area contributed by atoms with E-state index in [0.29, 0.717) is 15.3 Å². The van der Waals surface area contributed by atoms with Crippen LogP contribution in [-0.2, 0) is 10.9 Å². The first-order valence-electron chi connectivity index (χ1n) is 6.97. The Bertz CT molecular complexity index is 694. The molecule has 1 unspecified atom stereocenters. The Morgan fingerprint density at radius 3 is 2.43 bits per heavy atom. The van der Waals surface area contributed by atoms with E-state index in [1.165, 1.54) is 13.8 Å². The van der Waals surface area contributed by atoms with Crippen LogP contribution in [-0.4, -0.2) is 38.2 Å². The first kappa shape index (κ1) is 17.7. The third-order valence-corrected chi connectivity index (χ3v) is 3.66. The van der Waals surface area contributed by atoms with Gasteiger partial charge in [0.2, 0.25) is 0 Å². The maximum atomic E-state index is 13.1. The first-order chi connectivity index (χ1) is 10.6. The Kier molecular flexibility index (Phi) is 4.69. The molecule has 2 heterocycles. The van der Waals surface area contributed by atoms with Crippen molar-refractivity contribution >= 4 is 0 Å². The standard InChI is InChI=1S/C13H17F3N2O5/c1-6(2)18-11(21)7(13(14,15)16)4-17(12(18)22)10-3-8(20)9(5-19)23-10/h4,6,8-10,19-20H,3,5H2,1-2H3/t8?,9-,10-/m1/s1. The molecule has 0 saturated carbocycles. The summed E-state index contributed by atoms with van der Waals surface area (Å²) in [5, 5.41) is 18.7. The molecule has 7 nitrogen and oxygen atoms in total. The molecule has 3 atom stereocenters. The van der Waals surface area contributed by atoms with Gasteiger partial charge in [-0.25, -0.2) is 4.79 Å². The summed E-state index contributed by atoms with van der Waals surface area (Å²) >= 11 is 0. The quantitative estimate of drug-likeness (QED) is 0.824. The molecule has 2 rings (SSSR count). The lowest BCUT2D eigenvalue weighted by atomic mass is 10.2. The van der Waals surface area contributed by atoms with Gasteiger partial charge >= 0.3 is 11.9 Å². The second-order valence-electron chi connectivity index (χ2n) is 5.61. The summed E-state index contributed by atoms with van der Waals surface area (Å²) in [7, 11) is 0. The van der Waals surface area contributed by atoms with Crippen LogP contribution in [0.3, 0.4) is 0 Å². The molecule has 0 aliphatic carbocycles. The highest BCUT2D eigenvalue weighted by molar-refractivity contribution is 5.11. The molecule has 0 aromatic carbocycles. The van der Waals surface area contributed by atoms with Crippen LogP contribution in [0.25, 0.3) is 0 Å². The molecular weight excluding hydrogens is 321 g/mol. The maximum absolute atomic E-state index is 13.1. The van der Waals surface area contributed by atoms with Gasteiger partial charge in [0.15, 0.2) is 0 Å². The molecule has 1 aromatic heterocycles. The van der Waals surface area contributed by atoms with E-state index >= 15 is 0 Å². The Labute approximate surface area is 128 Å². The van der Waals surface area contributed by atoms with E-state index in [0.717, 1.165) is 0 Å². The summed E-state index contributed by atoms with van der Waals surface area (Å²) < 4.78 is 45.5. The van der Waals surface area contributed by atoms with Crippen molar-refractivity contribution in [1.82, 2.24) is 9.13 Å². The van der Waals surface area contributed by atoms with E-state index in [1.807, 2.05) is 0 Å². The molecule has 10 heteroatoms. The zero-order chi connectivity index (χ0) is 17.5. The van der Waals surface area contributed by atoms with Crippen LogP contribution in [0, 0.1) is 0 Å². The van der Waals surface area contributed by atoms with Gasteiger partial charge in [-0.15, -0.1) is 0 Å². The van der Waals surface area contributed by atoms with Gasteiger partial charge in [-0.2, -0.15) is 13.2 Å². The Balaban J connectivity index is 2.63. The summed E-state index contributed by atoms with van der Waals surface area (Å²) in [5.41, 5.74) is -3.88. The Morgan fingerprint density at radius 2 is 2.00 bits per heavy atom. The predicted octanol–water partition coefficient (Wildman–Crippen LogP) is 0.250. The molecule has 0 spiro atoms. The fourth-order valence-electron chi connectivity index (χ4n) is 2.50. The lowest BCUT2D eigenvalue weighted by Gasteiger charge is -2.20. The summed E-state index contributed by atoms with van der Waals surface area (Å²) in [4.78, 5) is 24.3. The number of aromatic nitrogens is 2. The first-order valence-corrected chi connectivity index (χ1v) is 6.97. The molecule has 23 heavy (non-hydrogen) atoms. The Hall–Kier alpha value is -1.65. The maximum Gasteiger partial charge on any atom is 0.423 e. The number of aliphatic hydroxyl groups excluding tert-OH is 2. The van der Waals surface area contributed by atoms with Gasteiger partial charge in [0, 0.05) is 18.7 Å². The number of alkyl halides is 3. The van der Waals surface area contributed by atoms with Gasteiger partial charge in [0.25, 0.3) is 5.56 Å². The van der Waals surface area contributed by atoms with Crippen molar-refractivity contribution in [3.8, 4) is 0 Å². The van der Waals surface area contributed by atoms with Gasteiger partial charge in [-0.3, -0.25) is 13.9 Å². The Morgan fingerprint density at radius 1 is 1.39 bits per heavy atom. The lowest BCUT2D eigenvalue weighted by Crippen LogP contribution is -2.45. The van der Waals surface area contributed by atoms with Crippen molar-refractivity contribution < 1.29 is 28.1 Å². The van der Waals surface area contributed by atoms with Gasteiger partial charge in [0.05, 0.1) is 12.7 Å². The number of hydrogen-bond acceptors (Lipinski definition) is 5. The second-order valence-corrected chi connectivity index (χ2v) is 5.61. The topological polar surface area (TPSA) is 93.7 Å². The molecule has 0 radical (unpaired) electrons. The third-order valence-electron chi connectivity index (χ3n) is 3.66. The molecular formula is C13H17F3N2O5. The molecule has 1 saturated heterocycles. The summed E-state index contributed by atoms with van der Waals surface area (Å²) in [6, 6.07) is -0.788. The van der Waals surface area contributed by atoms with Gasteiger partial charge in [0.1, 0.15) is 17.9 Å². The summed E-state index contributed by atoms with van der Waals surface area (Å²) in [6.07, 6.45) is -8.01. The SMILES string of the molecule is CC(C)n1c(=O)c(C(F)(F)F)cn([C@H]2CC(O)[C@@H](CO)O2)c1=O. The minimum Gasteiger partial charge on any atom is -0.394 e. The second kappa shape index (κ2) is 6.10. The van der Waals surface area contributed by atoms with Gasteiger partial charge in [-0.1, -0.05) is 0 Å². The number of nitrogens with zero attached hydrogens (tertiary/aromatic N) is 2. The number of hydrogen-bond donors (Lipinski definition) is 2. The van der Waals surface area contributed by atoms with Crippen LogP contribution in [0.5, 0.6) is 0 Å². The zero-order valence-corrected chi connectivity index (χ0v) is 12.4. The molecule has 1 aliphatic rings. The minimum absolute atomic E-state index is 0.168. The number of ether oxygens (including phenoxy) is 1. The van der Waals surface area contributed by atoms with E-state index in [9.17, 15) is 27.9 Å². The van der Waals surface area contributed by atoms with Crippen LogP contribution in [0.4, 0.5) is 13.2 Å². The van der Waals surface area contributed by atoms with Crippen molar-refractivity contribution in [3.63, 3.8) is 0 Å². The monoisotopic (exact) mass is 338 g/mol. The van der Waals surface area contributed by atoms with Crippen molar-refractivity contribution in [2.75, 3.05) is 6.61 Å². The van der Waals surface area contributed by atoms with Crippen molar-refractivity contribution in [1.29, 1.82) is 0 Å². The highest BCUT2D eigenvalue weighted by Gasteiger charge is 2.40. The molecule has 130 valence electrons. The molecule has 1 aromatic rings. The van der Waals surface area contributed by atoms with Gasteiger partial charge < -0.3 is 14.9 Å². The largest absolute Gasteiger partial charge is 0.423 e. The van der Waals surface area contributed by atoms with E-state index in [4.69, 9.17) is 9.84 Å². The average molecular weight is 338 g/mol. The van der Waals surface area contributed by atoms with Crippen molar-refractivity contribution in [3.05, 3.63) is 32.6 Å². The van der Waals surface area contributed by atoms with Crippen LogP contribution in [0.1, 0.15) is 38.1 Å². The molecule has 2 N–H and O–H groups in total. The highest BCUT2D eigenvalue weighted by Crippen LogP contribution is 2.30. The normalized spacial score (nSPS) is 25.3. The van der Waals surface area contributed by atoms with Crippen LogP contribution in [0.15, 0.2) is 15.8 Å². The van der Waals surface area contributed by atoms with E-state index in [1.54, 1.807) is 0 Å². The van der Waals surface area contributed by atoms with E-state index in [2.05, 4.69) is 0 Å². The highest BCUT2D eigenvalue weighted by atomic mass is 19.4. The number of halogens is 3. The predicted molar refractivity (Wildman–Crippen MR) is 72.0 cm³/mol. The van der Waals surface area contributed by atoms with E-state index < -0.39 is 54.1 Å². The van der Waals surface area contributed by atoms with Crippen LogP contribution >= 0.6 is 0 Å². The lowest BCUT2D eigenvalue weighted by molar-refractivity contribution is -0.140. The fourth-order valence-corrected chi connectivity index (χ4v) is 2.50. The summed E-state index contributed by atoms with van der Waals surface area (Å²) in [6.45, 7) is 2.28. The average Bonchev–Trinajstić information content (AvgIpc) is 2.78. The molecule has 1 fully saturated rings. The van der Waals surface area contributed by atoms with Crippen molar-refractivity contribution in [2.45, 2.75) is 50.9 Å². The number of rotatable bonds is 3. The van der Waals surface area contributed by atoms with Crippen molar-refractivity contribution in [2.24, 2.45) is 0 Å². The molecule has 1 aliphatic heterocycles. The number of aliphatic hydroxyl groups is 2. The fraction of sp³-hybridized carbons (Fsp3) is 0.692. The zero-order valence-electron chi connectivity index (χ0n) is 12.4. The minimum atomic E-state index is -4.93. The van der Waals surface area contributed by atoms with E-state index in [-0.39, 0.29) is 6.42 Å². The van der Waals surface area contributed by atoms with Crippen LogP contribution < -0.4 is 11.2 Å². The molecule has 0 bridgehead atoms. The van der Waals surface area contributed by atoms with Crippen LogP contribution in [0.2, 0.25) is 0 Å². The smallest absolute Gasteiger partial charge is 0.394 e. The third kappa shape index (κ3) is 3.19. The summed E-state index contributed by atoms with van der Waals surface area (Å²) in [5.74, 6) is 0. The van der Waals surface area contributed by atoms with Gasteiger partial charge in [-0.05, 0) is 13.8 Å². The molecule has 0 amide bonds.